The molecule has 8 heteroatoms. The van der Waals surface area contributed by atoms with Crippen LogP contribution >= 0.6 is 11.3 Å². The van der Waals surface area contributed by atoms with Crippen molar-refractivity contribution in [2.75, 3.05) is 6.54 Å². The van der Waals surface area contributed by atoms with Gasteiger partial charge < -0.3 is 21.2 Å². The first-order valence-electron chi connectivity index (χ1n) is 5.98. The maximum atomic E-state index is 11.9. The Morgan fingerprint density at radius 1 is 1.48 bits per heavy atom. The molecule has 0 radical (unpaired) electrons. The first-order valence-corrected chi connectivity index (χ1v) is 6.86. The first-order chi connectivity index (χ1) is 10.1. The van der Waals surface area contributed by atoms with Crippen molar-refractivity contribution in [1.82, 2.24) is 10.3 Å². The number of hydrogen-bond acceptors (Lipinski definition) is 5. The molecule has 4 N–H and O–H groups in total. The summed E-state index contributed by atoms with van der Waals surface area (Å²) < 4.78 is 0. The number of carbonyl (C=O) groups is 1. The number of nitrogens with one attached hydrogen (secondary N) is 2. The molecule has 7 nitrogen and oxygen atoms in total. The number of nitrogens with two attached hydrogens (primary N) is 1. The highest BCUT2D eigenvalue weighted by Gasteiger charge is 2.15. The Bertz CT molecular complexity index is 723. The van der Waals surface area contributed by atoms with Gasteiger partial charge in [-0.15, -0.1) is 11.3 Å². The molecule has 2 aromatic rings. The third-order valence-corrected chi connectivity index (χ3v) is 3.51. The molecule has 2 heterocycles. The Kier molecular flexibility index (Phi) is 4.71. The third kappa shape index (κ3) is 3.68. The molecule has 0 unspecified atom stereocenters. The van der Waals surface area contributed by atoms with Crippen molar-refractivity contribution in [2.45, 2.75) is 6.54 Å². The predicted molar refractivity (Wildman–Crippen MR) is 78.9 cm³/mol. The second kappa shape index (κ2) is 6.69. The van der Waals surface area contributed by atoms with Gasteiger partial charge in [0, 0.05) is 16.5 Å². The quantitative estimate of drug-likeness (QED) is 0.447. The Morgan fingerprint density at radius 2 is 2.29 bits per heavy atom. The number of nitro groups is 1. The lowest BCUT2D eigenvalue weighted by atomic mass is 10.2. The van der Waals surface area contributed by atoms with Gasteiger partial charge in [0.2, 0.25) is 0 Å². The molecule has 0 atom stereocenters. The van der Waals surface area contributed by atoms with Crippen LogP contribution < -0.4 is 11.1 Å². The van der Waals surface area contributed by atoms with E-state index < -0.39 is 10.8 Å². The summed E-state index contributed by atoms with van der Waals surface area (Å²) >= 11 is 1.47. The summed E-state index contributed by atoms with van der Waals surface area (Å²) in [6, 6.07) is 4.48. The summed E-state index contributed by atoms with van der Waals surface area (Å²) in [5.41, 5.74) is 6.29. The van der Waals surface area contributed by atoms with Crippen molar-refractivity contribution in [2.24, 2.45) is 5.73 Å². The van der Waals surface area contributed by atoms with Gasteiger partial charge >= 0.3 is 5.82 Å². The van der Waals surface area contributed by atoms with E-state index in [1.807, 2.05) is 11.4 Å². The van der Waals surface area contributed by atoms with Crippen LogP contribution in [0.25, 0.3) is 0 Å². The van der Waals surface area contributed by atoms with Crippen LogP contribution in [0.2, 0.25) is 0 Å². The van der Waals surface area contributed by atoms with Crippen molar-refractivity contribution in [1.29, 1.82) is 0 Å². The fourth-order valence-corrected chi connectivity index (χ4v) is 2.38. The summed E-state index contributed by atoms with van der Waals surface area (Å²) in [7, 11) is 0. The highest BCUT2D eigenvalue weighted by Crippen LogP contribution is 2.16. The third-order valence-electron chi connectivity index (χ3n) is 2.59. The molecule has 0 bridgehead atoms. The summed E-state index contributed by atoms with van der Waals surface area (Å²) in [5, 5.41) is 15.1. The number of hydrogen-bond donors (Lipinski definition) is 3. The maximum absolute atomic E-state index is 11.9. The van der Waals surface area contributed by atoms with E-state index in [2.05, 4.69) is 22.1 Å². The summed E-state index contributed by atoms with van der Waals surface area (Å²) in [4.78, 5) is 25.2. The van der Waals surface area contributed by atoms with Gasteiger partial charge in [0.25, 0.3) is 5.91 Å². The van der Waals surface area contributed by atoms with E-state index in [9.17, 15) is 14.9 Å². The van der Waals surface area contributed by atoms with Gasteiger partial charge in [0.05, 0.1) is 13.1 Å². The minimum atomic E-state index is -0.587. The van der Waals surface area contributed by atoms with Crippen LogP contribution in [0.4, 0.5) is 5.82 Å². The van der Waals surface area contributed by atoms with E-state index in [0.717, 1.165) is 10.4 Å². The summed E-state index contributed by atoms with van der Waals surface area (Å²) in [5.74, 6) is 5.05. The van der Waals surface area contributed by atoms with Crippen LogP contribution in [-0.4, -0.2) is 22.4 Å². The number of amides is 1. The van der Waals surface area contributed by atoms with Gasteiger partial charge in [-0.2, -0.15) is 0 Å². The molecule has 0 fully saturated rings. The van der Waals surface area contributed by atoms with E-state index >= 15 is 0 Å². The van der Waals surface area contributed by atoms with E-state index in [0.29, 0.717) is 6.54 Å². The second-order valence-electron chi connectivity index (χ2n) is 3.96. The standard InChI is InChI=1S/C13H12N4O3S/c14-6-1-2-9-5-7-21-11(9)8-15-13(18)10-3-4-12(16-10)17(19)20/h3-5,7,16H,6,8,14H2,(H,15,18). The first kappa shape index (κ1) is 14.8. The fourth-order valence-electron chi connectivity index (χ4n) is 1.61. The number of carbonyl (C=O) groups excluding carboxylic acids is 1. The monoisotopic (exact) mass is 304 g/mol. The average molecular weight is 304 g/mol. The van der Waals surface area contributed by atoms with Crippen LogP contribution in [0.5, 0.6) is 0 Å². The Balaban J connectivity index is 2.01. The molecule has 2 aromatic heterocycles. The van der Waals surface area contributed by atoms with Crippen LogP contribution in [0.3, 0.4) is 0 Å². The lowest BCUT2D eigenvalue weighted by Crippen LogP contribution is -2.23. The normalized spacial score (nSPS) is 9.76. The van der Waals surface area contributed by atoms with Crippen molar-refractivity contribution < 1.29 is 9.72 Å². The van der Waals surface area contributed by atoms with Gasteiger partial charge in [-0.05, 0) is 22.4 Å². The van der Waals surface area contributed by atoms with Crippen molar-refractivity contribution >= 4 is 23.1 Å². The number of aromatic nitrogens is 1. The molecule has 21 heavy (non-hydrogen) atoms. The molecule has 0 aliphatic carbocycles. The molecular weight excluding hydrogens is 292 g/mol. The zero-order valence-corrected chi connectivity index (χ0v) is 11.7. The zero-order valence-electron chi connectivity index (χ0n) is 10.9. The zero-order chi connectivity index (χ0) is 15.2. The predicted octanol–water partition coefficient (Wildman–Crippen LogP) is 1.22. The van der Waals surface area contributed by atoms with Gasteiger partial charge in [0.1, 0.15) is 0 Å². The summed E-state index contributed by atoms with van der Waals surface area (Å²) in [6.45, 7) is 0.575. The lowest BCUT2D eigenvalue weighted by Gasteiger charge is -2.01. The Morgan fingerprint density at radius 3 is 2.95 bits per heavy atom. The minimum absolute atomic E-state index is 0.146. The molecule has 1 amide bonds. The van der Waals surface area contributed by atoms with Gasteiger partial charge in [-0.3, -0.25) is 4.79 Å². The molecule has 0 aliphatic heterocycles. The largest absolute Gasteiger partial charge is 0.358 e. The van der Waals surface area contributed by atoms with E-state index in [1.54, 1.807) is 0 Å². The second-order valence-corrected chi connectivity index (χ2v) is 4.96. The Labute approximate surface area is 124 Å². The molecule has 0 aliphatic rings. The van der Waals surface area contributed by atoms with Crippen LogP contribution in [-0.2, 0) is 6.54 Å². The smallest absolute Gasteiger partial charge is 0.321 e. The number of H-pyrrole nitrogens is 1. The van der Waals surface area contributed by atoms with Gasteiger partial charge in [-0.25, -0.2) is 4.98 Å². The SMILES string of the molecule is NCC#Cc1ccsc1CNC(=O)c1ccc([N+](=O)[O-])[nH]1. The van der Waals surface area contributed by atoms with E-state index in [-0.39, 0.29) is 18.1 Å². The van der Waals surface area contributed by atoms with Crippen LogP contribution in [0, 0.1) is 22.0 Å². The summed E-state index contributed by atoms with van der Waals surface area (Å²) in [6.07, 6.45) is 0. The van der Waals surface area contributed by atoms with Crippen molar-refractivity contribution in [3.63, 3.8) is 0 Å². The van der Waals surface area contributed by atoms with Crippen LogP contribution in [0.15, 0.2) is 23.6 Å². The Hall–Kier alpha value is -2.63. The van der Waals surface area contributed by atoms with Gasteiger partial charge in [0.15, 0.2) is 5.69 Å². The molecule has 0 saturated heterocycles. The van der Waals surface area contributed by atoms with E-state index in [1.165, 1.54) is 23.5 Å². The lowest BCUT2D eigenvalue weighted by molar-refractivity contribution is -0.389. The molecule has 108 valence electrons. The molecule has 2 rings (SSSR count). The number of rotatable bonds is 4. The maximum Gasteiger partial charge on any atom is 0.321 e. The fraction of sp³-hybridized carbons (Fsp3) is 0.154. The number of aromatic amines is 1. The van der Waals surface area contributed by atoms with Crippen molar-refractivity contribution in [3.05, 3.63) is 49.8 Å². The average Bonchev–Trinajstić information content (AvgIpc) is 3.11. The highest BCUT2D eigenvalue weighted by atomic mass is 32.1. The van der Waals surface area contributed by atoms with Crippen LogP contribution in [0.1, 0.15) is 20.9 Å². The molecular formula is C13H12N4O3S. The van der Waals surface area contributed by atoms with E-state index in [4.69, 9.17) is 5.73 Å². The minimum Gasteiger partial charge on any atom is -0.358 e. The number of nitrogens with zero attached hydrogens (tertiary/aromatic N) is 1. The van der Waals surface area contributed by atoms with Gasteiger partial charge in [-0.1, -0.05) is 11.8 Å². The molecule has 0 spiro atoms. The highest BCUT2D eigenvalue weighted by molar-refractivity contribution is 7.10. The topological polar surface area (TPSA) is 114 Å². The van der Waals surface area contributed by atoms with Crippen molar-refractivity contribution in [3.8, 4) is 11.8 Å². The molecule has 0 saturated carbocycles. The molecule has 0 aromatic carbocycles. The number of thiophene rings is 1.